The fourth-order valence-corrected chi connectivity index (χ4v) is 1.53. The van der Waals surface area contributed by atoms with E-state index in [0.29, 0.717) is 19.2 Å². The van der Waals surface area contributed by atoms with Crippen LogP contribution in [0.5, 0.6) is 5.88 Å². The van der Waals surface area contributed by atoms with E-state index >= 15 is 0 Å². The van der Waals surface area contributed by atoms with Crippen molar-refractivity contribution >= 4 is 0 Å². The summed E-state index contributed by atoms with van der Waals surface area (Å²) >= 11 is 0. The van der Waals surface area contributed by atoms with Gasteiger partial charge in [0.1, 0.15) is 6.73 Å². The predicted octanol–water partition coefficient (Wildman–Crippen LogP) is 2.37. The van der Waals surface area contributed by atoms with E-state index in [1.54, 1.807) is 11.8 Å². The molecule has 0 bridgehead atoms. The lowest BCUT2D eigenvalue weighted by atomic mass is 10.2. The first-order chi connectivity index (χ1) is 8.29. The molecule has 0 N–H and O–H groups in total. The zero-order valence-corrected chi connectivity index (χ0v) is 10.1. The number of ether oxygens (including phenoxy) is 2. The van der Waals surface area contributed by atoms with Gasteiger partial charge in [0.2, 0.25) is 5.88 Å². The third kappa shape index (κ3) is 3.07. The summed E-state index contributed by atoms with van der Waals surface area (Å²) in [5.74, 6) is 0.616. The first-order valence-electron chi connectivity index (χ1n) is 5.49. The van der Waals surface area contributed by atoms with E-state index in [9.17, 15) is 0 Å². The van der Waals surface area contributed by atoms with E-state index in [0.717, 1.165) is 11.3 Å². The van der Waals surface area contributed by atoms with Crippen LogP contribution in [0.25, 0.3) is 0 Å². The molecular formula is C13H16N2O2. The highest BCUT2D eigenvalue weighted by Gasteiger charge is 2.03. The van der Waals surface area contributed by atoms with E-state index in [4.69, 9.17) is 9.47 Å². The van der Waals surface area contributed by atoms with Crippen LogP contribution in [0.1, 0.15) is 11.3 Å². The number of hydrogen-bond acceptors (Lipinski definition) is 3. The molecule has 0 saturated carbocycles. The molecule has 4 nitrogen and oxygen atoms in total. The van der Waals surface area contributed by atoms with Gasteiger partial charge < -0.3 is 9.47 Å². The normalized spacial score (nSPS) is 10.5. The van der Waals surface area contributed by atoms with Crippen LogP contribution in [-0.4, -0.2) is 16.9 Å². The number of benzene rings is 1. The standard InChI is InChI=1S/C13H16N2O2/c1-11-8-13(16-2)14-15(11)10-17-9-12-6-4-3-5-7-12/h3-8H,9-10H2,1-2H3. The monoisotopic (exact) mass is 232 g/mol. The topological polar surface area (TPSA) is 36.3 Å². The highest BCUT2D eigenvalue weighted by atomic mass is 16.5. The van der Waals surface area contributed by atoms with E-state index in [2.05, 4.69) is 5.10 Å². The van der Waals surface area contributed by atoms with Crippen molar-refractivity contribution in [2.45, 2.75) is 20.3 Å². The molecule has 2 aromatic rings. The van der Waals surface area contributed by atoms with Crippen molar-refractivity contribution in [1.29, 1.82) is 0 Å². The van der Waals surface area contributed by atoms with Gasteiger partial charge >= 0.3 is 0 Å². The Bertz CT molecular complexity index is 466. The SMILES string of the molecule is COc1cc(C)n(COCc2ccccc2)n1. The summed E-state index contributed by atoms with van der Waals surface area (Å²) in [7, 11) is 1.61. The molecule has 0 aliphatic heterocycles. The highest BCUT2D eigenvalue weighted by molar-refractivity contribution is 5.14. The van der Waals surface area contributed by atoms with E-state index in [1.807, 2.05) is 43.3 Å². The predicted molar refractivity (Wildman–Crippen MR) is 64.7 cm³/mol. The average molecular weight is 232 g/mol. The largest absolute Gasteiger partial charge is 0.480 e. The molecule has 0 radical (unpaired) electrons. The van der Waals surface area contributed by atoms with E-state index < -0.39 is 0 Å². The Morgan fingerprint density at radius 3 is 2.65 bits per heavy atom. The molecule has 0 unspecified atom stereocenters. The Morgan fingerprint density at radius 1 is 1.24 bits per heavy atom. The van der Waals surface area contributed by atoms with Gasteiger partial charge in [-0.3, -0.25) is 0 Å². The molecule has 2 rings (SSSR count). The van der Waals surface area contributed by atoms with Crippen molar-refractivity contribution in [3.05, 3.63) is 47.7 Å². The second-order valence-electron chi connectivity index (χ2n) is 3.79. The lowest BCUT2D eigenvalue weighted by Crippen LogP contribution is -2.06. The molecule has 0 fully saturated rings. The zero-order chi connectivity index (χ0) is 12.1. The van der Waals surface area contributed by atoms with Gasteiger partial charge in [-0.15, -0.1) is 5.10 Å². The summed E-state index contributed by atoms with van der Waals surface area (Å²) in [5, 5.41) is 4.23. The molecule has 4 heteroatoms. The zero-order valence-electron chi connectivity index (χ0n) is 10.1. The molecule has 90 valence electrons. The van der Waals surface area contributed by atoms with Crippen LogP contribution in [0.15, 0.2) is 36.4 Å². The lowest BCUT2D eigenvalue weighted by Gasteiger charge is -2.05. The van der Waals surface area contributed by atoms with Gasteiger partial charge in [0.05, 0.1) is 13.7 Å². The first-order valence-corrected chi connectivity index (χ1v) is 5.49. The van der Waals surface area contributed by atoms with Crippen LogP contribution in [0, 0.1) is 6.92 Å². The second kappa shape index (κ2) is 5.50. The maximum Gasteiger partial charge on any atom is 0.232 e. The van der Waals surface area contributed by atoms with Crippen molar-refractivity contribution in [1.82, 2.24) is 9.78 Å². The number of hydrogen-bond donors (Lipinski definition) is 0. The third-order valence-electron chi connectivity index (χ3n) is 2.49. The smallest absolute Gasteiger partial charge is 0.232 e. The molecule has 0 aliphatic carbocycles. The van der Waals surface area contributed by atoms with Crippen LogP contribution in [0.4, 0.5) is 0 Å². The van der Waals surface area contributed by atoms with Crippen molar-refractivity contribution in [3.8, 4) is 5.88 Å². The number of aromatic nitrogens is 2. The fraction of sp³-hybridized carbons (Fsp3) is 0.308. The maximum absolute atomic E-state index is 5.59. The second-order valence-corrected chi connectivity index (χ2v) is 3.79. The van der Waals surface area contributed by atoms with Crippen LogP contribution < -0.4 is 4.74 Å². The summed E-state index contributed by atoms with van der Waals surface area (Å²) < 4.78 is 12.4. The summed E-state index contributed by atoms with van der Waals surface area (Å²) in [6.45, 7) is 2.99. The number of aryl methyl sites for hydroxylation is 1. The molecule has 0 aliphatic rings. The van der Waals surface area contributed by atoms with Gasteiger partial charge in [0.25, 0.3) is 0 Å². The maximum atomic E-state index is 5.59. The van der Waals surface area contributed by atoms with Crippen molar-refractivity contribution < 1.29 is 9.47 Å². The highest BCUT2D eigenvalue weighted by Crippen LogP contribution is 2.10. The fourth-order valence-electron chi connectivity index (χ4n) is 1.53. The molecule has 0 spiro atoms. The van der Waals surface area contributed by atoms with Crippen LogP contribution >= 0.6 is 0 Å². The Morgan fingerprint density at radius 2 is 2.00 bits per heavy atom. The molecule has 17 heavy (non-hydrogen) atoms. The van der Waals surface area contributed by atoms with Crippen LogP contribution in [-0.2, 0) is 18.1 Å². The molecular weight excluding hydrogens is 216 g/mol. The lowest BCUT2D eigenvalue weighted by molar-refractivity contribution is 0.0541. The number of methoxy groups -OCH3 is 1. The molecule has 0 saturated heterocycles. The Hall–Kier alpha value is -1.81. The van der Waals surface area contributed by atoms with E-state index in [1.165, 1.54) is 0 Å². The minimum absolute atomic E-state index is 0.435. The molecule has 1 heterocycles. The van der Waals surface area contributed by atoms with Gasteiger partial charge in [-0.25, -0.2) is 4.68 Å². The Labute approximate surface area is 101 Å². The quantitative estimate of drug-likeness (QED) is 0.794. The molecule has 1 aromatic carbocycles. The minimum atomic E-state index is 0.435. The summed E-state index contributed by atoms with van der Waals surface area (Å²) in [6, 6.07) is 12.0. The van der Waals surface area contributed by atoms with Crippen molar-refractivity contribution in [2.75, 3.05) is 7.11 Å². The van der Waals surface area contributed by atoms with Crippen molar-refractivity contribution in [2.24, 2.45) is 0 Å². The first kappa shape index (κ1) is 11.7. The Balaban J connectivity index is 1.88. The summed E-state index contributed by atoms with van der Waals surface area (Å²) in [4.78, 5) is 0. The molecule has 0 atom stereocenters. The minimum Gasteiger partial charge on any atom is -0.480 e. The number of rotatable bonds is 5. The van der Waals surface area contributed by atoms with Gasteiger partial charge in [0, 0.05) is 11.8 Å². The van der Waals surface area contributed by atoms with Gasteiger partial charge in [-0.1, -0.05) is 30.3 Å². The van der Waals surface area contributed by atoms with Crippen molar-refractivity contribution in [3.63, 3.8) is 0 Å². The summed E-state index contributed by atoms with van der Waals surface area (Å²) in [5.41, 5.74) is 2.18. The third-order valence-corrected chi connectivity index (χ3v) is 2.49. The molecule has 1 aromatic heterocycles. The van der Waals surface area contributed by atoms with E-state index in [-0.39, 0.29) is 0 Å². The van der Waals surface area contributed by atoms with Crippen LogP contribution in [0.2, 0.25) is 0 Å². The number of nitrogens with zero attached hydrogens (tertiary/aromatic N) is 2. The van der Waals surface area contributed by atoms with Gasteiger partial charge in [-0.05, 0) is 12.5 Å². The van der Waals surface area contributed by atoms with Crippen LogP contribution in [0.3, 0.4) is 0 Å². The van der Waals surface area contributed by atoms with Gasteiger partial charge in [-0.2, -0.15) is 0 Å². The molecule has 0 amide bonds. The average Bonchev–Trinajstić information content (AvgIpc) is 2.72. The Kier molecular flexibility index (Phi) is 3.77. The summed E-state index contributed by atoms with van der Waals surface area (Å²) in [6.07, 6.45) is 0. The van der Waals surface area contributed by atoms with Gasteiger partial charge in [0.15, 0.2) is 0 Å².